The normalized spacial score (nSPS) is 15.8. The maximum Gasteiger partial charge on any atom is 0.258 e. The number of rotatable bonds is 8. The van der Waals surface area contributed by atoms with Gasteiger partial charge in [-0.3, -0.25) is 9.69 Å². The fourth-order valence-electron chi connectivity index (χ4n) is 3.90. The fourth-order valence-corrected chi connectivity index (χ4v) is 3.90. The zero-order chi connectivity index (χ0) is 21.3. The van der Waals surface area contributed by atoms with Crippen LogP contribution in [-0.2, 0) is 4.79 Å². The third kappa shape index (κ3) is 6.23. The smallest absolute Gasteiger partial charge is 0.258 e. The van der Waals surface area contributed by atoms with Gasteiger partial charge in [0.1, 0.15) is 11.5 Å². The molecule has 1 N–H and O–H groups in total. The minimum atomic E-state index is -0.0958. The van der Waals surface area contributed by atoms with Gasteiger partial charge in [0.2, 0.25) is 0 Å². The van der Waals surface area contributed by atoms with Crippen molar-refractivity contribution in [2.24, 2.45) is 0 Å². The molecule has 1 aliphatic rings. The summed E-state index contributed by atoms with van der Waals surface area (Å²) in [6.45, 7) is 6.83. The molecule has 0 aliphatic carbocycles. The van der Waals surface area contributed by atoms with Crippen molar-refractivity contribution in [2.45, 2.75) is 45.6 Å². The number of hydrogen-bond acceptors (Lipinski definition) is 4. The van der Waals surface area contributed by atoms with E-state index in [2.05, 4.69) is 29.3 Å². The highest BCUT2D eigenvalue weighted by molar-refractivity contribution is 5.77. The van der Waals surface area contributed by atoms with Gasteiger partial charge in [0.25, 0.3) is 5.91 Å². The van der Waals surface area contributed by atoms with Crippen LogP contribution in [0.1, 0.15) is 48.4 Å². The average molecular weight is 411 g/mol. The van der Waals surface area contributed by atoms with Gasteiger partial charge in [-0.2, -0.15) is 0 Å². The molecule has 2 aromatic rings. The van der Waals surface area contributed by atoms with Gasteiger partial charge < -0.3 is 14.8 Å². The molecule has 1 heterocycles. The number of methoxy groups -OCH3 is 1. The Morgan fingerprint density at radius 1 is 0.967 bits per heavy atom. The molecule has 0 unspecified atom stereocenters. The van der Waals surface area contributed by atoms with Crippen LogP contribution in [0.5, 0.6) is 11.5 Å². The van der Waals surface area contributed by atoms with Gasteiger partial charge in [-0.15, -0.1) is 0 Å². The Labute approximate surface area is 180 Å². The number of aryl methyl sites for hydroxylation is 2. The number of likely N-dealkylation sites (tertiary alicyclic amines) is 1. The Hall–Kier alpha value is -2.53. The molecule has 0 aromatic heterocycles. The molecule has 1 saturated heterocycles. The number of carbonyl (C=O) groups excluding carboxylic acids is 1. The first-order chi connectivity index (χ1) is 14.6. The van der Waals surface area contributed by atoms with Gasteiger partial charge >= 0.3 is 0 Å². The van der Waals surface area contributed by atoms with E-state index in [1.54, 1.807) is 7.11 Å². The highest BCUT2D eigenvalue weighted by atomic mass is 16.5. The highest BCUT2D eigenvalue weighted by Crippen LogP contribution is 2.25. The van der Waals surface area contributed by atoms with Crippen molar-refractivity contribution >= 4 is 5.91 Å². The molecule has 1 amide bonds. The molecule has 5 nitrogen and oxygen atoms in total. The van der Waals surface area contributed by atoms with Crippen LogP contribution in [0, 0.1) is 13.8 Å². The van der Waals surface area contributed by atoms with Gasteiger partial charge in [0.15, 0.2) is 6.61 Å². The van der Waals surface area contributed by atoms with Gasteiger partial charge in [-0.05, 0) is 80.7 Å². The Morgan fingerprint density at radius 2 is 1.63 bits per heavy atom. The molecule has 0 bridgehead atoms. The SMILES string of the molecule is COc1ccc([C@@H](CNC(=O)COc2ccc(C)c(C)c2)N2CCCCCC2)cc1. The number of nitrogens with one attached hydrogen (secondary N) is 1. The summed E-state index contributed by atoms with van der Waals surface area (Å²) in [5.41, 5.74) is 3.58. The molecule has 1 fully saturated rings. The molecule has 30 heavy (non-hydrogen) atoms. The van der Waals surface area contributed by atoms with Gasteiger partial charge in [0, 0.05) is 6.54 Å². The maximum absolute atomic E-state index is 12.5. The monoisotopic (exact) mass is 410 g/mol. The quantitative estimate of drug-likeness (QED) is 0.700. The third-order valence-corrected chi connectivity index (χ3v) is 5.92. The van der Waals surface area contributed by atoms with Crippen LogP contribution < -0.4 is 14.8 Å². The molecule has 3 rings (SSSR count). The zero-order valence-corrected chi connectivity index (χ0v) is 18.4. The largest absolute Gasteiger partial charge is 0.497 e. The van der Waals surface area contributed by atoms with E-state index in [9.17, 15) is 4.79 Å². The summed E-state index contributed by atoms with van der Waals surface area (Å²) in [5, 5.41) is 3.09. The van der Waals surface area contributed by atoms with E-state index in [4.69, 9.17) is 9.47 Å². The molecular formula is C25H34N2O3. The fraction of sp³-hybridized carbons (Fsp3) is 0.480. The lowest BCUT2D eigenvalue weighted by molar-refractivity contribution is -0.123. The first-order valence-corrected chi connectivity index (χ1v) is 10.9. The molecule has 2 aromatic carbocycles. The van der Waals surface area contributed by atoms with E-state index in [0.717, 1.165) is 30.2 Å². The van der Waals surface area contributed by atoms with Gasteiger partial charge in [-0.1, -0.05) is 31.0 Å². The third-order valence-electron chi connectivity index (χ3n) is 5.92. The number of ether oxygens (including phenoxy) is 2. The summed E-state index contributed by atoms with van der Waals surface area (Å²) < 4.78 is 11.0. The number of nitrogens with zero attached hydrogens (tertiary/aromatic N) is 1. The van der Waals surface area contributed by atoms with Crippen LogP contribution in [0.2, 0.25) is 0 Å². The van der Waals surface area contributed by atoms with Crippen molar-refractivity contribution in [3.8, 4) is 11.5 Å². The molecule has 1 atom stereocenters. The van der Waals surface area contributed by atoms with E-state index < -0.39 is 0 Å². The van der Waals surface area contributed by atoms with Crippen molar-refractivity contribution in [3.63, 3.8) is 0 Å². The average Bonchev–Trinajstić information content (AvgIpc) is 3.05. The van der Waals surface area contributed by atoms with Crippen molar-refractivity contribution in [1.29, 1.82) is 0 Å². The Bertz CT molecular complexity index is 812. The van der Waals surface area contributed by atoms with E-state index >= 15 is 0 Å². The first kappa shape index (κ1) is 22.2. The van der Waals surface area contributed by atoms with Gasteiger partial charge in [-0.25, -0.2) is 0 Å². The van der Waals surface area contributed by atoms with Crippen LogP contribution in [-0.4, -0.2) is 44.2 Å². The summed E-state index contributed by atoms with van der Waals surface area (Å²) in [7, 11) is 1.68. The lowest BCUT2D eigenvalue weighted by Crippen LogP contribution is -2.40. The summed E-state index contributed by atoms with van der Waals surface area (Å²) in [6, 6.07) is 14.2. The molecular weight excluding hydrogens is 376 g/mol. The summed E-state index contributed by atoms with van der Waals surface area (Å²) in [6.07, 6.45) is 4.97. The minimum Gasteiger partial charge on any atom is -0.497 e. The summed E-state index contributed by atoms with van der Waals surface area (Å²) in [5.74, 6) is 1.48. The number of carbonyl (C=O) groups is 1. The van der Waals surface area contributed by atoms with E-state index in [0.29, 0.717) is 6.54 Å². The second kappa shape index (κ2) is 11.0. The summed E-state index contributed by atoms with van der Waals surface area (Å²) in [4.78, 5) is 15.0. The van der Waals surface area contributed by atoms with E-state index in [-0.39, 0.29) is 18.6 Å². The van der Waals surface area contributed by atoms with E-state index in [1.807, 2.05) is 37.3 Å². The summed E-state index contributed by atoms with van der Waals surface area (Å²) >= 11 is 0. The van der Waals surface area contributed by atoms with Crippen LogP contribution in [0.3, 0.4) is 0 Å². The predicted octanol–water partition coefficient (Wildman–Crippen LogP) is 4.42. The zero-order valence-electron chi connectivity index (χ0n) is 18.4. The molecule has 162 valence electrons. The lowest BCUT2D eigenvalue weighted by atomic mass is 10.0. The number of benzene rings is 2. The molecule has 1 aliphatic heterocycles. The molecule has 5 heteroatoms. The van der Waals surface area contributed by atoms with Gasteiger partial charge in [0.05, 0.1) is 13.2 Å². The van der Waals surface area contributed by atoms with Crippen LogP contribution >= 0.6 is 0 Å². The Kier molecular flexibility index (Phi) is 8.14. The Balaban J connectivity index is 1.61. The first-order valence-electron chi connectivity index (χ1n) is 10.9. The highest BCUT2D eigenvalue weighted by Gasteiger charge is 2.22. The minimum absolute atomic E-state index is 0.0256. The van der Waals surface area contributed by atoms with Crippen LogP contribution in [0.4, 0.5) is 0 Å². The molecule has 0 radical (unpaired) electrons. The van der Waals surface area contributed by atoms with Crippen molar-refractivity contribution in [3.05, 3.63) is 59.2 Å². The molecule has 0 saturated carbocycles. The number of amides is 1. The predicted molar refractivity (Wildman–Crippen MR) is 120 cm³/mol. The number of hydrogen-bond donors (Lipinski definition) is 1. The van der Waals surface area contributed by atoms with Crippen molar-refractivity contribution in [2.75, 3.05) is 33.4 Å². The van der Waals surface area contributed by atoms with Crippen molar-refractivity contribution in [1.82, 2.24) is 10.2 Å². The molecule has 0 spiro atoms. The standard InChI is InChI=1S/C25H34N2O3/c1-19-8-11-23(16-20(19)2)30-18-25(28)26-17-24(27-14-6-4-5-7-15-27)21-9-12-22(29-3)13-10-21/h8-13,16,24H,4-7,14-15,17-18H2,1-3H3,(H,26,28)/t24-/m1/s1. The Morgan fingerprint density at radius 3 is 2.27 bits per heavy atom. The second-order valence-corrected chi connectivity index (χ2v) is 8.08. The van der Waals surface area contributed by atoms with Crippen molar-refractivity contribution < 1.29 is 14.3 Å². The van der Waals surface area contributed by atoms with Crippen LogP contribution in [0.25, 0.3) is 0 Å². The maximum atomic E-state index is 12.5. The topological polar surface area (TPSA) is 50.8 Å². The van der Waals surface area contributed by atoms with Crippen LogP contribution in [0.15, 0.2) is 42.5 Å². The lowest BCUT2D eigenvalue weighted by Gasteiger charge is -2.31. The van der Waals surface area contributed by atoms with E-state index in [1.165, 1.54) is 36.8 Å². The second-order valence-electron chi connectivity index (χ2n) is 8.08.